The Morgan fingerprint density at radius 1 is 0.872 bits per heavy atom. The van der Waals surface area contributed by atoms with E-state index in [4.69, 9.17) is 14.2 Å². The van der Waals surface area contributed by atoms with Crippen LogP contribution in [0.5, 0.6) is 0 Å². The first-order valence-corrected chi connectivity index (χ1v) is 20.0. The summed E-state index contributed by atoms with van der Waals surface area (Å²) >= 11 is 0. The van der Waals surface area contributed by atoms with Gasteiger partial charge in [0, 0.05) is 38.3 Å². The van der Waals surface area contributed by atoms with Gasteiger partial charge < -0.3 is 24.4 Å². The number of fused-ring (bicyclic) bond motifs is 4. The standard InChI is InChI=1S/C38H64N2O5.C2H6/c1-23(2)40-19-24(20-40)39-16-17-43-32(21-39)45-31-12-13-38-22-37(38)15-14-36(7)26-8-10-28(33(41)35(5,6)42)44-29(26)18-27(36)25(37)9-11-30(38)34(31,3)4;1-2/h23-33,41-42H,8-22H2,1-7H3;1-2H3/t25?,26?,27?,28?,29?,30?,31?,32?,33?,36?,37-,38?;/m0./s1. The first kappa shape index (κ1) is 35.1. The summed E-state index contributed by atoms with van der Waals surface area (Å²) in [7, 11) is 0. The van der Waals surface area contributed by atoms with E-state index in [-0.39, 0.29) is 30.0 Å². The van der Waals surface area contributed by atoms with Gasteiger partial charge in [0.1, 0.15) is 6.10 Å². The molecule has 8 fully saturated rings. The van der Waals surface area contributed by atoms with Gasteiger partial charge in [0.2, 0.25) is 0 Å². The Kier molecular flexibility index (Phi) is 9.09. The van der Waals surface area contributed by atoms with Gasteiger partial charge in [-0.3, -0.25) is 9.80 Å². The molecular weight excluding hydrogens is 588 g/mol. The normalized spacial score (nSPS) is 48.5. The van der Waals surface area contributed by atoms with Crippen LogP contribution in [0.4, 0.5) is 0 Å². The quantitative estimate of drug-likeness (QED) is 0.338. The van der Waals surface area contributed by atoms with E-state index in [0.717, 1.165) is 56.7 Å². The molecule has 12 atom stereocenters. The highest BCUT2D eigenvalue weighted by Gasteiger charge is 2.80. The number of aliphatic hydroxyl groups is 2. The first-order valence-electron chi connectivity index (χ1n) is 20.0. The largest absolute Gasteiger partial charge is 0.388 e. The summed E-state index contributed by atoms with van der Waals surface area (Å²) in [6.07, 6.45) is 11.9. The molecule has 0 aromatic heterocycles. The van der Waals surface area contributed by atoms with Crippen molar-refractivity contribution < 1.29 is 24.4 Å². The minimum atomic E-state index is -1.13. The molecule has 11 unspecified atom stereocenters. The summed E-state index contributed by atoms with van der Waals surface area (Å²) in [6.45, 7) is 24.8. The summed E-state index contributed by atoms with van der Waals surface area (Å²) < 4.78 is 20.0. The molecule has 8 aliphatic rings. The van der Waals surface area contributed by atoms with E-state index < -0.39 is 11.7 Å². The number of morpholine rings is 1. The topological polar surface area (TPSA) is 74.6 Å². The Bertz CT molecular complexity index is 1130. The van der Waals surface area contributed by atoms with E-state index in [1.807, 2.05) is 13.8 Å². The molecule has 2 N–H and O–H groups in total. The highest BCUT2D eigenvalue weighted by atomic mass is 16.7. The van der Waals surface area contributed by atoms with Crippen molar-refractivity contribution in [3.63, 3.8) is 0 Å². The summed E-state index contributed by atoms with van der Waals surface area (Å²) in [5.74, 6) is 2.88. The summed E-state index contributed by atoms with van der Waals surface area (Å²) in [4.78, 5) is 5.21. The molecule has 0 radical (unpaired) electrons. The van der Waals surface area contributed by atoms with Gasteiger partial charge in [-0.2, -0.15) is 0 Å². The Morgan fingerprint density at radius 3 is 2.30 bits per heavy atom. The molecule has 3 saturated heterocycles. The molecule has 270 valence electrons. The smallest absolute Gasteiger partial charge is 0.170 e. The van der Waals surface area contributed by atoms with E-state index in [1.54, 1.807) is 13.8 Å². The van der Waals surface area contributed by atoms with Crippen LogP contribution in [-0.4, -0.2) is 101 Å². The average molecular weight is 659 g/mol. The number of likely N-dealkylation sites (tertiary alicyclic amines) is 1. The summed E-state index contributed by atoms with van der Waals surface area (Å²) in [5, 5.41) is 21.4. The molecule has 3 aliphatic heterocycles. The fourth-order valence-electron chi connectivity index (χ4n) is 13.6. The maximum atomic E-state index is 10.9. The number of hydrogen-bond acceptors (Lipinski definition) is 7. The second-order valence-electron chi connectivity index (χ2n) is 19.1. The van der Waals surface area contributed by atoms with Crippen molar-refractivity contribution in [2.24, 2.45) is 45.3 Å². The zero-order chi connectivity index (χ0) is 33.7. The van der Waals surface area contributed by atoms with Crippen molar-refractivity contribution in [1.29, 1.82) is 0 Å². The lowest BCUT2D eigenvalue weighted by Gasteiger charge is -2.60. The van der Waals surface area contributed by atoms with E-state index in [1.165, 1.54) is 58.0 Å². The average Bonchev–Trinajstić information content (AvgIpc) is 3.58. The Hall–Kier alpha value is -0.280. The van der Waals surface area contributed by atoms with E-state index in [9.17, 15) is 10.2 Å². The Labute approximate surface area is 286 Å². The van der Waals surface area contributed by atoms with Crippen molar-refractivity contribution >= 4 is 0 Å². The van der Waals surface area contributed by atoms with Crippen molar-refractivity contribution in [2.75, 3.05) is 32.8 Å². The van der Waals surface area contributed by atoms with Gasteiger partial charge in [0.25, 0.3) is 0 Å². The third-order valence-electron chi connectivity index (χ3n) is 16.2. The van der Waals surface area contributed by atoms with Crippen molar-refractivity contribution in [2.45, 2.75) is 175 Å². The van der Waals surface area contributed by atoms with Gasteiger partial charge in [0.05, 0.1) is 30.5 Å². The van der Waals surface area contributed by atoms with E-state index in [0.29, 0.717) is 34.2 Å². The van der Waals surface area contributed by atoms with Gasteiger partial charge in [-0.15, -0.1) is 0 Å². The lowest BCUT2D eigenvalue weighted by atomic mass is 9.46. The van der Waals surface area contributed by atoms with Gasteiger partial charge in [-0.05, 0) is 137 Å². The SMILES string of the molecule is CC.CC(C)N1CC(N2CCOC(OC3CCC45C[C@]46CCC4(C)C7CCC(C(O)C(C)(C)O)OC7CC4C6CCC5C3(C)C)C2)C1. The third kappa shape index (κ3) is 5.36. The predicted octanol–water partition coefficient (Wildman–Crippen LogP) is 6.49. The van der Waals surface area contributed by atoms with Crippen molar-refractivity contribution in [3.05, 3.63) is 0 Å². The number of rotatable bonds is 6. The molecule has 0 bridgehead atoms. The highest BCUT2D eigenvalue weighted by Crippen LogP contribution is 2.87. The fraction of sp³-hybridized carbons (Fsp3) is 1.00. The van der Waals surface area contributed by atoms with Crippen LogP contribution in [-0.2, 0) is 14.2 Å². The minimum Gasteiger partial charge on any atom is -0.388 e. The number of nitrogens with zero attached hydrogens (tertiary/aromatic N) is 2. The van der Waals surface area contributed by atoms with Crippen LogP contribution in [0.25, 0.3) is 0 Å². The molecule has 7 heteroatoms. The highest BCUT2D eigenvalue weighted by molar-refractivity contribution is 5.29. The van der Waals surface area contributed by atoms with E-state index in [2.05, 4.69) is 44.4 Å². The van der Waals surface area contributed by atoms with Gasteiger partial charge >= 0.3 is 0 Å². The van der Waals surface area contributed by atoms with Gasteiger partial charge in [-0.25, -0.2) is 0 Å². The van der Waals surface area contributed by atoms with Gasteiger partial charge in [-0.1, -0.05) is 34.6 Å². The number of aliphatic hydroxyl groups excluding tert-OH is 1. The van der Waals surface area contributed by atoms with Crippen LogP contribution in [0.2, 0.25) is 0 Å². The monoisotopic (exact) mass is 659 g/mol. The van der Waals surface area contributed by atoms with Gasteiger partial charge in [0.15, 0.2) is 6.29 Å². The van der Waals surface area contributed by atoms with Crippen LogP contribution >= 0.6 is 0 Å². The first-order chi connectivity index (χ1) is 22.2. The Balaban J connectivity index is 0.00000172. The van der Waals surface area contributed by atoms with Crippen molar-refractivity contribution in [1.82, 2.24) is 9.80 Å². The molecule has 7 nitrogen and oxygen atoms in total. The Morgan fingerprint density at radius 2 is 1.60 bits per heavy atom. The number of hydrogen-bond donors (Lipinski definition) is 2. The maximum absolute atomic E-state index is 10.9. The molecule has 5 saturated carbocycles. The summed E-state index contributed by atoms with van der Waals surface area (Å²) in [5.41, 5.74) is 0.415. The minimum absolute atomic E-state index is 0.0920. The third-order valence-corrected chi connectivity index (χ3v) is 16.2. The molecular formula is C40H70N2O5. The zero-order valence-electron chi connectivity index (χ0n) is 31.5. The second kappa shape index (κ2) is 12.2. The molecule has 0 amide bonds. The number of ether oxygens (including phenoxy) is 3. The fourth-order valence-corrected chi connectivity index (χ4v) is 13.6. The van der Waals surface area contributed by atoms with Crippen LogP contribution in [0.3, 0.4) is 0 Å². The molecule has 5 aliphatic carbocycles. The lowest BCUT2D eigenvalue weighted by Crippen LogP contribution is -2.64. The molecule has 0 aromatic rings. The van der Waals surface area contributed by atoms with Crippen LogP contribution < -0.4 is 0 Å². The second-order valence-corrected chi connectivity index (χ2v) is 19.1. The van der Waals surface area contributed by atoms with Crippen LogP contribution in [0.1, 0.15) is 127 Å². The van der Waals surface area contributed by atoms with Crippen LogP contribution in [0, 0.1) is 45.3 Å². The predicted molar refractivity (Wildman–Crippen MR) is 186 cm³/mol. The van der Waals surface area contributed by atoms with E-state index >= 15 is 0 Å². The van der Waals surface area contributed by atoms with Crippen molar-refractivity contribution in [3.8, 4) is 0 Å². The molecule has 47 heavy (non-hydrogen) atoms. The summed E-state index contributed by atoms with van der Waals surface area (Å²) in [6, 6.07) is 1.30. The maximum Gasteiger partial charge on any atom is 0.170 e. The lowest BCUT2D eigenvalue weighted by molar-refractivity contribution is -0.250. The van der Waals surface area contributed by atoms with Crippen LogP contribution in [0.15, 0.2) is 0 Å². The zero-order valence-corrected chi connectivity index (χ0v) is 31.5. The molecule has 0 aromatic carbocycles. The molecule has 8 rings (SSSR count). The molecule has 2 spiro atoms. The molecule has 3 heterocycles.